The Hall–Kier alpha value is -4.06. The number of anilines is 1. The lowest BCUT2D eigenvalue weighted by Crippen LogP contribution is -2.13. The van der Waals surface area contributed by atoms with E-state index in [1.54, 1.807) is 30.6 Å². The summed E-state index contributed by atoms with van der Waals surface area (Å²) in [5.41, 5.74) is 4.15. The van der Waals surface area contributed by atoms with Crippen LogP contribution in [-0.4, -0.2) is 32.8 Å². The van der Waals surface area contributed by atoms with Crippen molar-refractivity contribution in [2.45, 2.75) is 27.6 Å². The van der Waals surface area contributed by atoms with Gasteiger partial charge in [0.25, 0.3) is 5.69 Å². The number of nitrogens with one attached hydrogen (secondary N) is 1. The van der Waals surface area contributed by atoms with E-state index in [9.17, 15) is 14.9 Å². The topological polar surface area (TPSA) is 110 Å². The van der Waals surface area contributed by atoms with E-state index in [1.807, 2.05) is 54.6 Å². The number of carbonyl (C=O) groups excluding carboxylic acids is 1. The number of rotatable bonds is 10. The van der Waals surface area contributed by atoms with Crippen molar-refractivity contribution in [2.24, 2.45) is 4.99 Å². The van der Waals surface area contributed by atoms with Crippen molar-refractivity contribution < 1.29 is 9.72 Å². The monoisotopic (exact) mass is 585 g/mol. The molecular formula is C29H23N5O3S3. The number of thioether (sulfide) groups is 1. The molecule has 2 aromatic heterocycles. The third kappa shape index (κ3) is 7.12. The van der Waals surface area contributed by atoms with Crippen LogP contribution < -0.4 is 5.32 Å². The fourth-order valence-electron chi connectivity index (χ4n) is 3.70. The lowest BCUT2D eigenvalue weighted by atomic mass is 10.1. The molecule has 0 aliphatic carbocycles. The molecule has 200 valence electrons. The zero-order valence-electron chi connectivity index (χ0n) is 21.3. The molecule has 0 saturated heterocycles. The van der Waals surface area contributed by atoms with Gasteiger partial charge < -0.3 is 5.32 Å². The smallest absolute Gasteiger partial charge is 0.283 e. The van der Waals surface area contributed by atoms with Gasteiger partial charge in [-0.05, 0) is 66.1 Å². The molecule has 2 heterocycles. The van der Waals surface area contributed by atoms with Crippen molar-refractivity contribution in [2.75, 3.05) is 11.1 Å². The number of aryl methyl sites for hydroxylation is 1. The van der Waals surface area contributed by atoms with E-state index in [1.165, 1.54) is 46.5 Å². The Morgan fingerprint density at radius 2 is 1.95 bits per heavy atom. The third-order valence-electron chi connectivity index (χ3n) is 5.72. The van der Waals surface area contributed by atoms with Crippen LogP contribution in [0.1, 0.15) is 18.1 Å². The highest BCUT2D eigenvalue weighted by Crippen LogP contribution is 2.35. The van der Waals surface area contributed by atoms with E-state index in [4.69, 9.17) is 0 Å². The highest BCUT2D eigenvalue weighted by molar-refractivity contribution is 8.01. The van der Waals surface area contributed by atoms with Crippen LogP contribution in [0.3, 0.4) is 0 Å². The average molecular weight is 586 g/mol. The van der Waals surface area contributed by atoms with Crippen LogP contribution in [0.2, 0.25) is 0 Å². The summed E-state index contributed by atoms with van der Waals surface area (Å²) in [6.45, 7) is 2.09. The first kappa shape index (κ1) is 27.5. The first-order chi connectivity index (χ1) is 19.5. The second-order valence-corrected chi connectivity index (χ2v) is 11.8. The van der Waals surface area contributed by atoms with Gasteiger partial charge in [0.15, 0.2) is 4.34 Å². The molecule has 40 heavy (non-hydrogen) atoms. The number of aromatic nitrogens is 2. The van der Waals surface area contributed by atoms with Crippen LogP contribution in [0.15, 0.2) is 104 Å². The molecule has 0 spiro atoms. The molecular weight excluding hydrogens is 563 g/mol. The van der Waals surface area contributed by atoms with Crippen molar-refractivity contribution in [3.05, 3.63) is 106 Å². The molecule has 0 unspecified atom stereocenters. The summed E-state index contributed by atoms with van der Waals surface area (Å²) < 4.78 is 1.74. The Balaban J connectivity index is 1.23. The van der Waals surface area contributed by atoms with Gasteiger partial charge in [-0.15, -0.1) is 11.3 Å². The largest absolute Gasteiger partial charge is 0.325 e. The molecule has 0 radical (unpaired) electrons. The summed E-state index contributed by atoms with van der Waals surface area (Å²) in [6.07, 6.45) is 4.22. The van der Waals surface area contributed by atoms with Gasteiger partial charge in [-0.3, -0.25) is 19.9 Å². The summed E-state index contributed by atoms with van der Waals surface area (Å²) in [6, 6.07) is 24.0. The number of nitro groups is 1. The minimum absolute atomic E-state index is 0.00110. The highest BCUT2D eigenvalue weighted by atomic mass is 32.2. The lowest BCUT2D eigenvalue weighted by Gasteiger charge is -2.05. The van der Waals surface area contributed by atoms with Gasteiger partial charge >= 0.3 is 0 Å². The van der Waals surface area contributed by atoms with Crippen molar-refractivity contribution in [3.8, 4) is 0 Å². The van der Waals surface area contributed by atoms with E-state index in [2.05, 4.69) is 27.2 Å². The number of thiazole rings is 1. The number of benzene rings is 3. The molecule has 0 saturated carbocycles. The molecule has 0 bridgehead atoms. The molecule has 3 aromatic carbocycles. The molecule has 5 aromatic rings. The Labute approximate surface area is 243 Å². The third-order valence-corrected chi connectivity index (χ3v) is 8.90. The lowest BCUT2D eigenvalue weighted by molar-refractivity contribution is -0.387. The minimum Gasteiger partial charge on any atom is -0.325 e. The Morgan fingerprint density at radius 3 is 2.70 bits per heavy atom. The van der Waals surface area contributed by atoms with Gasteiger partial charge in [0.05, 0.1) is 31.5 Å². The molecule has 0 fully saturated rings. The van der Waals surface area contributed by atoms with Crippen LogP contribution in [0.25, 0.3) is 10.2 Å². The predicted molar refractivity (Wildman–Crippen MR) is 164 cm³/mol. The second-order valence-electron chi connectivity index (χ2n) is 8.53. The zero-order valence-corrected chi connectivity index (χ0v) is 23.8. The second kappa shape index (κ2) is 12.9. The van der Waals surface area contributed by atoms with Gasteiger partial charge in [-0.2, -0.15) is 0 Å². The summed E-state index contributed by atoms with van der Waals surface area (Å²) in [5.74, 6) is 0.172. The van der Waals surface area contributed by atoms with Crippen LogP contribution >= 0.6 is 34.9 Å². The normalized spacial score (nSPS) is 11.2. The first-order valence-electron chi connectivity index (χ1n) is 12.3. The van der Waals surface area contributed by atoms with Gasteiger partial charge in [0.2, 0.25) is 5.91 Å². The van der Waals surface area contributed by atoms with Crippen molar-refractivity contribution >= 4 is 74.3 Å². The van der Waals surface area contributed by atoms with Gasteiger partial charge in [-0.1, -0.05) is 54.7 Å². The fraction of sp³-hybridized carbons (Fsp3) is 0.103. The van der Waals surface area contributed by atoms with Crippen molar-refractivity contribution in [1.29, 1.82) is 0 Å². The van der Waals surface area contributed by atoms with E-state index in [-0.39, 0.29) is 17.3 Å². The summed E-state index contributed by atoms with van der Waals surface area (Å²) in [5, 5.41) is 15.3. The number of nitro benzene ring substituents is 1. The molecule has 11 heteroatoms. The number of pyridine rings is 1. The maximum absolute atomic E-state index is 12.4. The summed E-state index contributed by atoms with van der Waals surface area (Å²) in [7, 11) is 0. The van der Waals surface area contributed by atoms with Gasteiger partial charge in [0.1, 0.15) is 5.03 Å². The van der Waals surface area contributed by atoms with Crippen molar-refractivity contribution in [1.82, 2.24) is 9.97 Å². The van der Waals surface area contributed by atoms with Crippen molar-refractivity contribution in [3.63, 3.8) is 0 Å². The number of hydrogen-bond donors (Lipinski definition) is 1. The average Bonchev–Trinajstić information content (AvgIpc) is 3.39. The first-order valence-corrected chi connectivity index (χ1v) is 14.9. The zero-order chi connectivity index (χ0) is 27.9. The van der Waals surface area contributed by atoms with Crippen LogP contribution in [-0.2, 0) is 11.2 Å². The molecule has 0 aliphatic heterocycles. The van der Waals surface area contributed by atoms with Crippen LogP contribution in [0.5, 0.6) is 0 Å². The maximum Gasteiger partial charge on any atom is 0.283 e. The van der Waals surface area contributed by atoms with E-state index >= 15 is 0 Å². The Morgan fingerprint density at radius 1 is 1.10 bits per heavy atom. The number of carbonyl (C=O) groups is 1. The Bertz CT molecular complexity index is 1690. The molecule has 0 aliphatic rings. The van der Waals surface area contributed by atoms with Gasteiger partial charge in [-0.25, -0.2) is 9.97 Å². The number of aliphatic imine (C=N–C) groups is 1. The quantitative estimate of drug-likeness (QED) is 0.0771. The summed E-state index contributed by atoms with van der Waals surface area (Å²) >= 11 is 4.13. The SMILES string of the molecule is CCc1ccc(NC(=O)CSc2nc3ccc(N=Cc4ccc(Sc5ccccn5)c([N+](=O)[O-])c4)cc3s2)cc1. The Kier molecular flexibility index (Phi) is 8.84. The fourth-order valence-corrected chi connectivity index (χ4v) is 6.46. The molecule has 5 rings (SSSR count). The summed E-state index contributed by atoms with van der Waals surface area (Å²) in [4.78, 5) is 37.6. The van der Waals surface area contributed by atoms with Gasteiger partial charge in [0, 0.05) is 24.2 Å². The molecule has 0 atom stereocenters. The van der Waals surface area contributed by atoms with E-state index in [0.717, 1.165) is 26.7 Å². The standard InChI is InChI=1S/C29H23N5O3S3/c1-2-19-6-9-21(10-7-19)32-27(35)18-38-29-33-23-12-11-22(16-26(23)40-29)31-17-20-8-13-25(24(15-20)34(36)37)39-28-5-3-4-14-30-28/h3-17H,2,18H2,1H3,(H,32,35). The number of amides is 1. The van der Waals surface area contributed by atoms with E-state index in [0.29, 0.717) is 21.2 Å². The molecule has 8 nitrogen and oxygen atoms in total. The van der Waals surface area contributed by atoms with Crippen LogP contribution in [0, 0.1) is 10.1 Å². The van der Waals surface area contributed by atoms with Crippen LogP contribution in [0.4, 0.5) is 17.1 Å². The molecule has 1 amide bonds. The number of fused-ring (bicyclic) bond motifs is 1. The predicted octanol–water partition coefficient (Wildman–Crippen LogP) is 7.79. The van der Waals surface area contributed by atoms with E-state index < -0.39 is 4.92 Å². The highest BCUT2D eigenvalue weighted by Gasteiger charge is 2.16. The minimum atomic E-state index is -0.395. The molecule has 1 N–H and O–H groups in total. The maximum atomic E-state index is 12.4. The number of nitrogens with zero attached hydrogens (tertiary/aromatic N) is 4. The number of hydrogen-bond acceptors (Lipinski definition) is 9.